The van der Waals surface area contributed by atoms with Gasteiger partial charge < -0.3 is 9.47 Å². The molecule has 0 aromatic heterocycles. The molecule has 32 heavy (non-hydrogen) atoms. The van der Waals surface area contributed by atoms with Crippen LogP contribution >= 0.6 is 23.2 Å². The largest absolute Gasteiger partial charge is 0.493 e. The summed E-state index contributed by atoms with van der Waals surface area (Å²) < 4.78 is 11.4. The van der Waals surface area contributed by atoms with Crippen molar-refractivity contribution in [3.63, 3.8) is 0 Å². The van der Waals surface area contributed by atoms with Crippen LogP contribution in [0.1, 0.15) is 18.1 Å². The maximum atomic E-state index is 13.0. The maximum Gasteiger partial charge on any atom is 0.280 e. The molecule has 1 aliphatic rings. The van der Waals surface area contributed by atoms with Crippen molar-refractivity contribution in [1.82, 2.24) is 0 Å². The Balaban J connectivity index is 1.59. The molecule has 0 bridgehead atoms. The van der Waals surface area contributed by atoms with E-state index in [0.717, 1.165) is 5.56 Å². The molecule has 0 atom stereocenters. The Hall–Kier alpha value is -3.28. The molecule has 1 aliphatic heterocycles. The summed E-state index contributed by atoms with van der Waals surface area (Å²) in [5.41, 5.74) is 3.43. The van der Waals surface area contributed by atoms with Crippen LogP contribution in [0.25, 0.3) is 6.08 Å². The molecule has 0 saturated carbocycles. The first-order valence-corrected chi connectivity index (χ1v) is 10.6. The number of ether oxygens (including phenoxy) is 2. The van der Waals surface area contributed by atoms with Gasteiger partial charge in [0.15, 0.2) is 11.5 Å². The molecule has 0 saturated heterocycles. The first-order valence-electron chi connectivity index (χ1n) is 9.88. The summed E-state index contributed by atoms with van der Waals surface area (Å²) in [6.45, 7) is 2.15. The number of hydrogen-bond acceptors (Lipinski definition) is 4. The molecule has 0 unspecified atom stereocenters. The fourth-order valence-electron chi connectivity index (χ4n) is 3.30. The van der Waals surface area contributed by atoms with Gasteiger partial charge in [0.1, 0.15) is 6.61 Å². The van der Waals surface area contributed by atoms with E-state index in [1.807, 2.05) is 30.3 Å². The number of rotatable bonds is 6. The first kappa shape index (κ1) is 21.9. The zero-order valence-electron chi connectivity index (χ0n) is 17.5. The molecule has 0 fully saturated rings. The smallest absolute Gasteiger partial charge is 0.280 e. The second kappa shape index (κ2) is 9.47. The number of amides is 1. The average molecular weight is 467 g/mol. The number of methoxy groups -OCH3 is 1. The summed E-state index contributed by atoms with van der Waals surface area (Å²) in [7, 11) is 1.55. The lowest BCUT2D eigenvalue weighted by atomic mass is 10.1. The molecule has 162 valence electrons. The third-order valence-electron chi connectivity index (χ3n) is 4.92. The van der Waals surface area contributed by atoms with E-state index in [9.17, 15) is 4.79 Å². The summed E-state index contributed by atoms with van der Waals surface area (Å²) in [5, 5.41) is 6.73. The highest BCUT2D eigenvalue weighted by Gasteiger charge is 2.29. The standard InChI is InChI=1S/C25H20Cl2N2O3/c1-16-21(25(30)29(28-16)20-10-8-19(26)9-11-20)12-18-13-22(27)24(23(14-18)31-2)32-15-17-6-4-3-5-7-17/h3-14H,15H2,1-2H3. The summed E-state index contributed by atoms with van der Waals surface area (Å²) in [4.78, 5) is 13.0. The normalized spacial score (nSPS) is 14.6. The summed E-state index contributed by atoms with van der Waals surface area (Å²) in [6.07, 6.45) is 1.74. The van der Waals surface area contributed by atoms with Gasteiger partial charge in [0.2, 0.25) is 0 Å². The van der Waals surface area contributed by atoms with Crippen LogP contribution < -0.4 is 14.5 Å². The van der Waals surface area contributed by atoms with E-state index in [0.29, 0.717) is 50.7 Å². The molecular weight excluding hydrogens is 447 g/mol. The number of halogens is 2. The Labute approximate surface area is 196 Å². The summed E-state index contributed by atoms with van der Waals surface area (Å²) in [6, 6.07) is 20.2. The van der Waals surface area contributed by atoms with Crippen molar-refractivity contribution >= 4 is 46.6 Å². The van der Waals surface area contributed by atoms with E-state index in [-0.39, 0.29) is 5.91 Å². The molecule has 5 nitrogen and oxygen atoms in total. The quantitative estimate of drug-likeness (QED) is 0.395. The Morgan fingerprint density at radius 1 is 1.03 bits per heavy atom. The van der Waals surface area contributed by atoms with Crippen molar-refractivity contribution in [2.75, 3.05) is 12.1 Å². The van der Waals surface area contributed by atoms with Crippen molar-refractivity contribution in [3.05, 3.63) is 93.5 Å². The number of carbonyl (C=O) groups is 1. The van der Waals surface area contributed by atoms with Crippen LogP contribution in [0.4, 0.5) is 5.69 Å². The molecule has 7 heteroatoms. The van der Waals surface area contributed by atoms with Crippen LogP contribution in [-0.4, -0.2) is 18.7 Å². The number of nitrogens with zero attached hydrogens (tertiary/aromatic N) is 2. The predicted molar refractivity (Wildman–Crippen MR) is 129 cm³/mol. The minimum Gasteiger partial charge on any atom is -0.493 e. The van der Waals surface area contributed by atoms with Gasteiger partial charge in [0.05, 0.1) is 29.1 Å². The van der Waals surface area contributed by atoms with E-state index in [1.54, 1.807) is 56.5 Å². The fourth-order valence-corrected chi connectivity index (χ4v) is 3.70. The zero-order chi connectivity index (χ0) is 22.7. The highest BCUT2D eigenvalue weighted by molar-refractivity contribution is 6.34. The lowest BCUT2D eigenvalue weighted by Gasteiger charge is -2.14. The lowest BCUT2D eigenvalue weighted by molar-refractivity contribution is -0.114. The first-order chi connectivity index (χ1) is 15.5. The van der Waals surface area contributed by atoms with E-state index < -0.39 is 0 Å². The Morgan fingerprint density at radius 2 is 1.75 bits per heavy atom. The van der Waals surface area contributed by atoms with Gasteiger partial charge in [0.25, 0.3) is 5.91 Å². The van der Waals surface area contributed by atoms with Gasteiger partial charge >= 0.3 is 0 Å². The van der Waals surface area contributed by atoms with Crippen LogP contribution in [-0.2, 0) is 11.4 Å². The minimum atomic E-state index is -0.232. The molecule has 4 rings (SSSR count). The van der Waals surface area contributed by atoms with E-state index in [4.69, 9.17) is 32.7 Å². The van der Waals surface area contributed by atoms with Gasteiger partial charge in [-0.3, -0.25) is 4.79 Å². The number of hydrazone groups is 1. The summed E-state index contributed by atoms with van der Waals surface area (Å²) >= 11 is 12.5. The number of anilines is 1. The van der Waals surface area contributed by atoms with Crippen LogP contribution in [0.5, 0.6) is 11.5 Å². The van der Waals surface area contributed by atoms with Crippen molar-refractivity contribution < 1.29 is 14.3 Å². The minimum absolute atomic E-state index is 0.232. The number of hydrogen-bond donors (Lipinski definition) is 0. The van der Waals surface area contributed by atoms with Gasteiger partial charge in [-0.05, 0) is 60.5 Å². The molecule has 3 aromatic carbocycles. The second-order valence-electron chi connectivity index (χ2n) is 7.15. The van der Waals surface area contributed by atoms with Crippen molar-refractivity contribution in [3.8, 4) is 11.5 Å². The zero-order valence-corrected chi connectivity index (χ0v) is 19.0. The molecule has 3 aromatic rings. The lowest BCUT2D eigenvalue weighted by Crippen LogP contribution is -2.21. The molecular formula is C25H20Cl2N2O3. The number of carbonyl (C=O) groups excluding carboxylic acids is 1. The Morgan fingerprint density at radius 3 is 2.44 bits per heavy atom. The summed E-state index contributed by atoms with van der Waals surface area (Å²) in [5.74, 6) is 0.699. The highest BCUT2D eigenvalue weighted by atomic mass is 35.5. The molecule has 1 amide bonds. The monoisotopic (exact) mass is 466 g/mol. The van der Waals surface area contributed by atoms with Crippen LogP contribution in [0, 0.1) is 0 Å². The Kier molecular flexibility index (Phi) is 6.49. The topological polar surface area (TPSA) is 51.1 Å². The van der Waals surface area contributed by atoms with Gasteiger partial charge in [-0.1, -0.05) is 53.5 Å². The molecule has 1 heterocycles. The Bertz CT molecular complexity index is 1210. The highest BCUT2D eigenvalue weighted by Crippen LogP contribution is 2.38. The molecule has 0 aliphatic carbocycles. The second-order valence-corrected chi connectivity index (χ2v) is 7.99. The SMILES string of the molecule is COc1cc(C=C2C(=O)N(c3ccc(Cl)cc3)N=C2C)cc(Cl)c1OCc1ccccc1. The van der Waals surface area contributed by atoms with Gasteiger partial charge in [0, 0.05) is 5.02 Å². The third-order valence-corrected chi connectivity index (χ3v) is 5.46. The van der Waals surface area contributed by atoms with Crippen LogP contribution in [0.15, 0.2) is 77.4 Å². The fraction of sp³-hybridized carbons (Fsp3) is 0.120. The predicted octanol–water partition coefficient (Wildman–Crippen LogP) is 6.39. The molecule has 0 spiro atoms. The molecule has 0 radical (unpaired) electrons. The average Bonchev–Trinajstić information content (AvgIpc) is 3.07. The maximum absolute atomic E-state index is 13.0. The van der Waals surface area contributed by atoms with Crippen molar-refractivity contribution in [1.29, 1.82) is 0 Å². The van der Waals surface area contributed by atoms with Gasteiger partial charge in [-0.2, -0.15) is 10.1 Å². The third kappa shape index (κ3) is 4.64. The van der Waals surface area contributed by atoms with Crippen LogP contribution in [0.2, 0.25) is 10.0 Å². The number of benzene rings is 3. The van der Waals surface area contributed by atoms with Gasteiger partial charge in [-0.25, -0.2) is 0 Å². The molecule has 0 N–H and O–H groups in total. The van der Waals surface area contributed by atoms with E-state index in [1.165, 1.54) is 5.01 Å². The van der Waals surface area contributed by atoms with Crippen molar-refractivity contribution in [2.45, 2.75) is 13.5 Å². The van der Waals surface area contributed by atoms with E-state index >= 15 is 0 Å². The van der Waals surface area contributed by atoms with Crippen LogP contribution in [0.3, 0.4) is 0 Å². The van der Waals surface area contributed by atoms with E-state index in [2.05, 4.69) is 5.10 Å². The van der Waals surface area contributed by atoms with Crippen molar-refractivity contribution in [2.24, 2.45) is 5.10 Å². The van der Waals surface area contributed by atoms with Gasteiger partial charge in [-0.15, -0.1) is 0 Å².